The van der Waals surface area contributed by atoms with Crippen molar-refractivity contribution in [3.8, 4) is 11.1 Å². The molecule has 0 atom stereocenters. The number of aromatic nitrogens is 3. The van der Waals surface area contributed by atoms with Crippen molar-refractivity contribution in [1.29, 1.82) is 0 Å². The molecular weight excluding hydrogens is 426 g/mol. The third kappa shape index (κ3) is 3.45. The Balaban J connectivity index is 1.67. The second-order valence-corrected chi connectivity index (χ2v) is 9.43. The summed E-state index contributed by atoms with van der Waals surface area (Å²) >= 11 is 0. The molecule has 0 unspecified atom stereocenters. The van der Waals surface area contributed by atoms with Crippen LogP contribution in [0.3, 0.4) is 0 Å². The average molecular weight is 448 g/mol. The second-order valence-electron chi connectivity index (χ2n) is 7.90. The predicted octanol–water partition coefficient (Wildman–Crippen LogP) is 3.09. The van der Waals surface area contributed by atoms with E-state index < -0.39 is 15.9 Å². The van der Waals surface area contributed by atoms with Crippen LogP contribution in [0.15, 0.2) is 59.9 Å². The second kappa shape index (κ2) is 7.54. The van der Waals surface area contributed by atoms with Gasteiger partial charge in [0.05, 0.1) is 11.2 Å². The smallest absolute Gasteiger partial charge is 0.275 e. The first-order chi connectivity index (χ1) is 15.3. The van der Waals surface area contributed by atoms with Crippen LogP contribution in [0, 0.1) is 6.92 Å². The molecule has 3 heterocycles. The molecule has 9 heteroatoms. The molecule has 1 aliphatic rings. The average Bonchev–Trinajstić information content (AvgIpc) is 3.41. The Bertz CT molecular complexity index is 1490. The molecule has 1 aliphatic carbocycles. The number of carbonyl (C=O) groups excluding carboxylic acids is 1. The first-order valence-electron chi connectivity index (χ1n) is 10.2. The van der Waals surface area contributed by atoms with Gasteiger partial charge in [-0.3, -0.25) is 4.79 Å². The van der Waals surface area contributed by atoms with Crippen molar-refractivity contribution in [3.05, 3.63) is 77.4 Å². The molecule has 0 bridgehead atoms. The van der Waals surface area contributed by atoms with Crippen LogP contribution in [0.1, 0.15) is 33.6 Å². The summed E-state index contributed by atoms with van der Waals surface area (Å²) in [7, 11) is -4.10. The molecule has 3 N–H and O–H groups in total. The first-order valence-corrected chi connectivity index (χ1v) is 11.8. The monoisotopic (exact) mass is 447 g/mol. The third-order valence-electron chi connectivity index (χ3n) is 5.82. The Hall–Kier alpha value is -3.56. The van der Waals surface area contributed by atoms with Crippen molar-refractivity contribution in [2.24, 2.45) is 5.14 Å². The molecule has 0 saturated heterocycles. The number of hydrogen-bond donors (Lipinski definition) is 2. The quantitative estimate of drug-likeness (QED) is 0.498. The standard InChI is InChI=1S/C23H21N5O3S/c1-14-12-15-4-2-5-18(15)21(20(14)16-8-11-28-17(13-16)7-10-26-28)27-23(29)22-19(32(24,30)31)6-3-9-25-22/h3,6-13H,2,4-5H2,1H3,(H,27,29)(H2,24,30,31). The van der Waals surface area contributed by atoms with E-state index in [1.165, 1.54) is 23.9 Å². The van der Waals surface area contributed by atoms with Crippen LogP contribution in [0.4, 0.5) is 5.69 Å². The number of nitrogens with zero attached hydrogens (tertiary/aromatic N) is 3. The van der Waals surface area contributed by atoms with E-state index in [2.05, 4.69) is 21.5 Å². The van der Waals surface area contributed by atoms with Crippen molar-refractivity contribution < 1.29 is 13.2 Å². The fourth-order valence-electron chi connectivity index (χ4n) is 4.44. The highest BCUT2D eigenvalue weighted by Crippen LogP contribution is 2.40. The van der Waals surface area contributed by atoms with Crippen molar-refractivity contribution in [1.82, 2.24) is 14.6 Å². The summed E-state index contributed by atoms with van der Waals surface area (Å²) in [6, 6.07) is 10.8. The fourth-order valence-corrected chi connectivity index (χ4v) is 5.13. The lowest BCUT2D eigenvalue weighted by Gasteiger charge is -2.19. The minimum absolute atomic E-state index is 0.222. The molecule has 5 rings (SSSR count). The van der Waals surface area contributed by atoms with Gasteiger partial charge in [-0.25, -0.2) is 23.1 Å². The molecule has 162 valence electrons. The lowest BCUT2D eigenvalue weighted by molar-refractivity contribution is 0.101. The highest BCUT2D eigenvalue weighted by atomic mass is 32.2. The number of nitrogens with one attached hydrogen (secondary N) is 1. The molecule has 0 spiro atoms. The van der Waals surface area contributed by atoms with Gasteiger partial charge in [0.2, 0.25) is 10.0 Å². The van der Waals surface area contributed by atoms with Crippen LogP contribution in [0.5, 0.6) is 0 Å². The van der Waals surface area contributed by atoms with E-state index in [1.807, 2.05) is 31.3 Å². The number of rotatable bonds is 4. The van der Waals surface area contributed by atoms with Crippen molar-refractivity contribution in [3.63, 3.8) is 0 Å². The van der Waals surface area contributed by atoms with E-state index in [9.17, 15) is 13.2 Å². The maximum absolute atomic E-state index is 13.2. The molecule has 0 fully saturated rings. The molecule has 3 aromatic heterocycles. The van der Waals surface area contributed by atoms with Crippen molar-refractivity contribution in [2.75, 3.05) is 5.32 Å². The van der Waals surface area contributed by atoms with E-state index in [0.717, 1.165) is 47.0 Å². The molecule has 8 nitrogen and oxygen atoms in total. The van der Waals surface area contributed by atoms with Gasteiger partial charge in [0.15, 0.2) is 0 Å². The van der Waals surface area contributed by atoms with E-state index >= 15 is 0 Å². The Morgan fingerprint density at radius 3 is 2.81 bits per heavy atom. The van der Waals surface area contributed by atoms with E-state index in [-0.39, 0.29) is 10.6 Å². The minimum atomic E-state index is -4.10. The Kier molecular flexibility index (Phi) is 4.79. The highest BCUT2D eigenvalue weighted by molar-refractivity contribution is 7.89. The number of aryl methyl sites for hydroxylation is 2. The van der Waals surface area contributed by atoms with Crippen LogP contribution < -0.4 is 10.5 Å². The highest BCUT2D eigenvalue weighted by Gasteiger charge is 2.26. The van der Waals surface area contributed by atoms with Gasteiger partial charge in [0.1, 0.15) is 10.6 Å². The maximum atomic E-state index is 13.2. The number of primary sulfonamides is 1. The van der Waals surface area contributed by atoms with Gasteiger partial charge < -0.3 is 5.32 Å². The van der Waals surface area contributed by atoms with Gasteiger partial charge in [-0.15, -0.1) is 0 Å². The zero-order chi connectivity index (χ0) is 22.5. The number of anilines is 1. The summed E-state index contributed by atoms with van der Waals surface area (Å²) in [5.41, 5.74) is 6.53. The van der Waals surface area contributed by atoms with Crippen LogP contribution in [-0.2, 0) is 22.9 Å². The first kappa shape index (κ1) is 20.3. The van der Waals surface area contributed by atoms with Gasteiger partial charge in [-0.05, 0) is 78.8 Å². The van der Waals surface area contributed by atoms with Crippen molar-refractivity contribution in [2.45, 2.75) is 31.1 Å². The number of fused-ring (bicyclic) bond motifs is 2. The Morgan fingerprint density at radius 1 is 1.16 bits per heavy atom. The molecule has 4 aromatic rings. The van der Waals surface area contributed by atoms with Gasteiger partial charge in [-0.1, -0.05) is 6.07 Å². The molecule has 32 heavy (non-hydrogen) atoms. The Morgan fingerprint density at radius 2 is 2.00 bits per heavy atom. The zero-order valence-corrected chi connectivity index (χ0v) is 18.2. The minimum Gasteiger partial charge on any atom is -0.320 e. The zero-order valence-electron chi connectivity index (χ0n) is 17.4. The van der Waals surface area contributed by atoms with E-state index in [1.54, 1.807) is 10.7 Å². The summed E-state index contributed by atoms with van der Waals surface area (Å²) in [4.78, 5) is 16.9. The lowest BCUT2D eigenvalue weighted by atomic mass is 9.93. The van der Waals surface area contributed by atoms with Crippen LogP contribution in [0.25, 0.3) is 16.6 Å². The Labute approximate surface area is 185 Å². The number of carbonyl (C=O) groups is 1. The molecule has 1 amide bonds. The van der Waals surface area contributed by atoms with Gasteiger partial charge >= 0.3 is 0 Å². The summed E-state index contributed by atoms with van der Waals surface area (Å²) in [6.07, 6.45) is 7.74. The number of nitrogens with two attached hydrogens (primary N) is 1. The molecule has 1 aromatic carbocycles. The number of benzene rings is 1. The van der Waals surface area contributed by atoms with Crippen LogP contribution in [0.2, 0.25) is 0 Å². The molecular formula is C23H21N5O3S. The third-order valence-corrected chi connectivity index (χ3v) is 6.76. The van der Waals surface area contributed by atoms with Gasteiger partial charge in [0, 0.05) is 24.2 Å². The molecule has 0 radical (unpaired) electrons. The van der Waals surface area contributed by atoms with Gasteiger partial charge in [0.25, 0.3) is 5.91 Å². The fraction of sp³-hybridized carbons (Fsp3) is 0.174. The van der Waals surface area contributed by atoms with E-state index in [4.69, 9.17) is 5.14 Å². The summed E-state index contributed by atoms with van der Waals surface area (Å²) < 4.78 is 25.8. The molecule has 0 saturated carbocycles. The van der Waals surface area contributed by atoms with Crippen molar-refractivity contribution >= 4 is 27.1 Å². The number of pyridine rings is 2. The van der Waals surface area contributed by atoms with Gasteiger partial charge in [-0.2, -0.15) is 5.10 Å². The number of hydrogen-bond acceptors (Lipinski definition) is 5. The predicted molar refractivity (Wildman–Crippen MR) is 121 cm³/mol. The number of amides is 1. The summed E-state index contributed by atoms with van der Waals surface area (Å²) in [5, 5.41) is 12.5. The van der Waals surface area contributed by atoms with Crippen LogP contribution >= 0.6 is 0 Å². The number of sulfonamides is 1. The maximum Gasteiger partial charge on any atom is 0.275 e. The lowest BCUT2D eigenvalue weighted by Crippen LogP contribution is -2.22. The largest absolute Gasteiger partial charge is 0.320 e. The summed E-state index contributed by atoms with van der Waals surface area (Å²) in [6.45, 7) is 2.01. The normalized spacial score (nSPS) is 13.3. The SMILES string of the molecule is Cc1cc2c(c(NC(=O)c3ncccc3S(N)(=O)=O)c1-c1ccn3nccc3c1)CCC2. The van der Waals surface area contributed by atoms with Crippen LogP contribution in [-0.4, -0.2) is 28.9 Å². The topological polar surface area (TPSA) is 119 Å². The molecule has 0 aliphatic heterocycles. The summed E-state index contributed by atoms with van der Waals surface area (Å²) in [5.74, 6) is -0.610. The van der Waals surface area contributed by atoms with E-state index in [0.29, 0.717) is 5.69 Å².